The van der Waals surface area contributed by atoms with Gasteiger partial charge in [-0.05, 0) is 72.8 Å². The van der Waals surface area contributed by atoms with Gasteiger partial charge in [0.05, 0.1) is 39.1 Å². The first-order chi connectivity index (χ1) is 22.8. The Bertz CT molecular complexity index is 2870. The molecular weight excluding hydrogens is 562 g/mol. The number of fused-ring (bicyclic) bond motifs is 12. The first-order valence-electron chi connectivity index (χ1n) is 15.7. The minimum Gasteiger partial charge on any atom is -0.456 e. The number of furan rings is 1. The molecule has 4 nitrogen and oxygen atoms in total. The van der Waals surface area contributed by atoms with Crippen molar-refractivity contribution in [3.05, 3.63) is 152 Å². The van der Waals surface area contributed by atoms with Gasteiger partial charge < -0.3 is 18.5 Å². The molecule has 0 saturated heterocycles. The molecular formula is C42H25N3O. The number of hydrogen-bond acceptors (Lipinski definition) is 2. The summed E-state index contributed by atoms with van der Waals surface area (Å²) in [7, 11) is 0. The van der Waals surface area contributed by atoms with E-state index in [0.29, 0.717) is 0 Å². The molecule has 0 atom stereocenters. The lowest BCUT2D eigenvalue weighted by Gasteiger charge is -2.33. The lowest BCUT2D eigenvalue weighted by Crippen LogP contribution is -2.17. The van der Waals surface area contributed by atoms with Crippen molar-refractivity contribution < 1.29 is 4.42 Å². The van der Waals surface area contributed by atoms with Crippen LogP contribution in [0.2, 0.25) is 0 Å². The molecule has 4 heterocycles. The molecule has 46 heavy (non-hydrogen) atoms. The second-order valence-electron chi connectivity index (χ2n) is 12.2. The van der Waals surface area contributed by atoms with Crippen LogP contribution < -0.4 is 4.90 Å². The summed E-state index contributed by atoms with van der Waals surface area (Å²) in [6, 6.07) is 54.5. The van der Waals surface area contributed by atoms with Crippen molar-refractivity contribution in [2.75, 3.05) is 4.90 Å². The number of aromatic nitrogens is 2. The van der Waals surface area contributed by atoms with Crippen LogP contribution in [0.5, 0.6) is 0 Å². The maximum atomic E-state index is 6.19. The Balaban J connectivity index is 1.28. The predicted molar refractivity (Wildman–Crippen MR) is 191 cm³/mol. The van der Waals surface area contributed by atoms with E-state index in [1.54, 1.807) is 0 Å². The van der Waals surface area contributed by atoms with Crippen molar-refractivity contribution in [2.24, 2.45) is 0 Å². The highest BCUT2D eigenvalue weighted by Gasteiger charge is 2.29. The summed E-state index contributed by atoms with van der Waals surface area (Å²) in [4.78, 5) is 2.40. The van der Waals surface area contributed by atoms with Crippen molar-refractivity contribution in [1.29, 1.82) is 0 Å². The Morgan fingerprint density at radius 2 is 1.02 bits per heavy atom. The van der Waals surface area contributed by atoms with E-state index in [2.05, 4.69) is 154 Å². The highest BCUT2D eigenvalue weighted by Crippen LogP contribution is 2.51. The molecule has 0 radical (unpaired) electrons. The summed E-state index contributed by atoms with van der Waals surface area (Å²) in [6.07, 6.45) is 0. The fraction of sp³-hybridized carbons (Fsp3) is 0. The summed E-state index contributed by atoms with van der Waals surface area (Å²) in [5.41, 5.74) is 12.5. The molecule has 3 aromatic heterocycles. The summed E-state index contributed by atoms with van der Waals surface area (Å²) in [5, 5.41) is 7.33. The SMILES string of the molecule is c1ccc(N2c3ccccc3-n3c4ccc5c(c6ccccc6n5-c5ccc6oc7ccccc7c6c5)c4c4cccc2c43)cc1. The Morgan fingerprint density at radius 1 is 0.370 bits per heavy atom. The quantitative estimate of drug-likeness (QED) is 0.201. The molecule has 0 N–H and O–H groups in total. The maximum absolute atomic E-state index is 6.19. The van der Waals surface area contributed by atoms with Gasteiger partial charge in [-0.15, -0.1) is 0 Å². The van der Waals surface area contributed by atoms with E-state index < -0.39 is 0 Å². The van der Waals surface area contributed by atoms with E-state index in [1.165, 1.54) is 60.7 Å². The first kappa shape index (κ1) is 24.1. The molecule has 11 rings (SSSR count). The minimum atomic E-state index is 0.906. The number of nitrogens with zero attached hydrogens (tertiary/aromatic N) is 3. The summed E-state index contributed by atoms with van der Waals surface area (Å²) in [6.45, 7) is 0. The van der Waals surface area contributed by atoms with E-state index in [9.17, 15) is 0 Å². The molecule has 0 bridgehead atoms. The second-order valence-corrected chi connectivity index (χ2v) is 12.2. The van der Waals surface area contributed by atoms with E-state index in [-0.39, 0.29) is 0 Å². The average molecular weight is 588 g/mol. The van der Waals surface area contributed by atoms with Crippen molar-refractivity contribution in [2.45, 2.75) is 0 Å². The summed E-state index contributed by atoms with van der Waals surface area (Å²) in [5.74, 6) is 0. The lowest BCUT2D eigenvalue weighted by molar-refractivity contribution is 0.669. The van der Waals surface area contributed by atoms with Gasteiger partial charge in [-0.1, -0.05) is 78.9 Å². The van der Waals surface area contributed by atoms with Gasteiger partial charge in [0.1, 0.15) is 11.2 Å². The largest absolute Gasteiger partial charge is 0.456 e. The zero-order chi connectivity index (χ0) is 29.9. The van der Waals surface area contributed by atoms with Crippen molar-refractivity contribution in [3.8, 4) is 11.4 Å². The standard InChI is InChI=1S/C42H25N3O/c1-2-11-26(12-3-1)43-33-17-7-8-18-34(33)45-36-23-22-35-40(41(36)30-15-10-19-37(43)42(30)45)29-14-4-6-16-32(29)44(35)27-21-24-39-31(25-27)28-13-5-9-20-38(28)46-39/h1-25H. The van der Waals surface area contributed by atoms with Crippen LogP contribution in [0, 0.1) is 0 Å². The Labute approximate surface area is 263 Å². The monoisotopic (exact) mass is 587 g/mol. The van der Waals surface area contributed by atoms with Crippen LogP contribution in [0.25, 0.3) is 76.9 Å². The third-order valence-corrected chi connectivity index (χ3v) is 9.80. The normalized spacial score (nSPS) is 12.7. The summed E-state index contributed by atoms with van der Waals surface area (Å²) < 4.78 is 11.1. The molecule has 0 aliphatic carbocycles. The molecule has 1 aliphatic heterocycles. The number of hydrogen-bond donors (Lipinski definition) is 0. The fourth-order valence-corrected chi connectivity index (χ4v) is 7.99. The molecule has 214 valence electrons. The predicted octanol–water partition coefficient (Wildman–Crippen LogP) is 11.6. The number of para-hydroxylation sites is 6. The lowest BCUT2D eigenvalue weighted by atomic mass is 10.0. The van der Waals surface area contributed by atoms with Crippen LogP contribution in [0.3, 0.4) is 0 Å². The van der Waals surface area contributed by atoms with E-state index >= 15 is 0 Å². The molecule has 0 unspecified atom stereocenters. The van der Waals surface area contributed by atoms with Gasteiger partial charge in [0.25, 0.3) is 0 Å². The van der Waals surface area contributed by atoms with Crippen LogP contribution in [-0.4, -0.2) is 9.13 Å². The van der Waals surface area contributed by atoms with Crippen LogP contribution in [0.15, 0.2) is 156 Å². The Kier molecular flexibility index (Phi) is 4.55. The zero-order valence-corrected chi connectivity index (χ0v) is 24.7. The van der Waals surface area contributed by atoms with E-state index in [1.807, 2.05) is 12.1 Å². The zero-order valence-electron chi connectivity index (χ0n) is 24.7. The fourth-order valence-electron chi connectivity index (χ4n) is 7.99. The van der Waals surface area contributed by atoms with Crippen LogP contribution in [-0.2, 0) is 0 Å². The van der Waals surface area contributed by atoms with Gasteiger partial charge in [-0.3, -0.25) is 0 Å². The van der Waals surface area contributed by atoms with Crippen molar-refractivity contribution >= 4 is 82.6 Å². The van der Waals surface area contributed by atoms with E-state index in [4.69, 9.17) is 4.42 Å². The number of benzene rings is 7. The molecule has 10 aromatic rings. The first-order valence-corrected chi connectivity index (χ1v) is 15.7. The molecule has 4 heteroatoms. The van der Waals surface area contributed by atoms with Crippen LogP contribution in [0.1, 0.15) is 0 Å². The van der Waals surface area contributed by atoms with Gasteiger partial charge in [0.2, 0.25) is 0 Å². The van der Waals surface area contributed by atoms with Gasteiger partial charge in [0.15, 0.2) is 0 Å². The molecule has 1 aliphatic rings. The molecule has 7 aromatic carbocycles. The van der Waals surface area contributed by atoms with Crippen LogP contribution >= 0.6 is 0 Å². The highest BCUT2D eigenvalue weighted by molar-refractivity contribution is 6.30. The number of rotatable bonds is 2. The molecule has 0 saturated carbocycles. The minimum absolute atomic E-state index is 0.906. The summed E-state index contributed by atoms with van der Waals surface area (Å²) >= 11 is 0. The van der Waals surface area contributed by atoms with Gasteiger partial charge in [0, 0.05) is 43.7 Å². The van der Waals surface area contributed by atoms with Crippen molar-refractivity contribution in [1.82, 2.24) is 9.13 Å². The maximum Gasteiger partial charge on any atom is 0.135 e. The van der Waals surface area contributed by atoms with Gasteiger partial charge >= 0.3 is 0 Å². The number of anilines is 3. The Morgan fingerprint density at radius 3 is 1.91 bits per heavy atom. The third-order valence-electron chi connectivity index (χ3n) is 9.80. The third kappa shape index (κ3) is 2.98. The van der Waals surface area contributed by atoms with Gasteiger partial charge in [-0.25, -0.2) is 0 Å². The van der Waals surface area contributed by atoms with Crippen molar-refractivity contribution in [3.63, 3.8) is 0 Å². The highest BCUT2D eigenvalue weighted by atomic mass is 16.3. The Hall–Kier alpha value is -6.26. The molecule has 0 fully saturated rings. The molecule has 0 amide bonds. The smallest absolute Gasteiger partial charge is 0.135 e. The van der Waals surface area contributed by atoms with E-state index in [0.717, 1.165) is 33.3 Å². The van der Waals surface area contributed by atoms with Gasteiger partial charge in [-0.2, -0.15) is 0 Å². The average Bonchev–Trinajstić information content (AvgIpc) is 3.77. The molecule has 0 spiro atoms. The topological polar surface area (TPSA) is 26.2 Å². The second kappa shape index (κ2) is 8.68. The van der Waals surface area contributed by atoms with Crippen LogP contribution in [0.4, 0.5) is 17.1 Å².